The van der Waals surface area contributed by atoms with Gasteiger partial charge in [0.15, 0.2) is 17.4 Å². The molecule has 0 bridgehead atoms. The summed E-state index contributed by atoms with van der Waals surface area (Å²) in [5.74, 6) is -4.57. The molecule has 11 heteroatoms. The van der Waals surface area contributed by atoms with Crippen molar-refractivity contribution in [3.63, 3.8) is 0 Å². The Balaban J connectivity index is 1.83. The van der Waals surface area contributed by atoms with Gasteiger partial charge < -0.3 is 10.5 Å². The lowest BCUT2D eigenvalue weighted by Crippen LogP contribution is -2.25. The van der Waals surface area contributed by atoms with Crippen LogP contribution in [0.25, 0.3) is 5.69 Å². The lowest BCUT2D eigenvalue weighted by molar-refractivity contribution is 0.0880. The molecule has 4 rings (SSSR count). The van der Waals surface area contributed by atoms with Gasteiger partial charge in [-0.25, -0.2) is 13.8 Å². The minimum Gasteiger partial charge on any atom is -0.454 e. The first-order chi connectivity index (χ1) is 13.8. The van der Waals surface area contributed by atoms with Gasteiger partial charge in [0, 0.05) is 30.5 Å². The van der Waals surface area contributed by atoms with Gasteiger partial charge in [-0.3, -0.25) is 24.3 Å². The zero-order valence-corrected chi connectivity index (χ0v) is 15.0. The van der Waals surface area contributed by atoms with E-state index >= 15 is 0 Å². The maximum Gasteiger partial charge on any atom is 0.262 e. The molecule has 146 valence electrons. The molecule has 3 N–H and O–H groups in total. The van der Waals surface area contributed by atoms with Crippen LogP contribution in [0.3, 0.4) is 0 Å². The van der Waals surface area contributed by atoms with Crippen molar-refractivity contribution in [1.29, 1.82) is 0 Å². The molecule has 1 aliphatic rings. The number of nitrogens with zero attached hydrogens (tertiary/aromatic N) is 2. The second-order valence-electron chi connectivity index (χ2n) is 5.93. The lowest BCUT2D eigenvalue weighted by Gasteiger charge is -2.14. The predicted octanol–water partition coefficient (Wildman–Crippen LogP) is 2.42. The van der Waals surface area contributed by atoms with E-state index in [1.165, 1.54) is 18.3 Å². The van der Waals surface area contributed by atoms with Crippen LogP contribution >= 0.6 is 11.6 Å². The summed E-state index contributed by atoms with van der Waals surface area (Å²) < 4.78 is 35.1. The first-order valence-electron chi connectivity index (χ1n) is 7.96. The zero-order valence-electron chi connectivity index (χ0n) is 14.2. The Morgan fingerprint density at radius 1 is 1.07 bits per heavy atom. The van der Waals surface area contributed by atoms with Crippen molar-refractivity contribution < 1.29 is 23.1 Å². The number of nitrogens with two attached hydrogens (primary N) is 1. The number of hydrogen-bond donors (Lipinski definition) is 2. The predicted molar refractivity (Wildman–Crippen MR) is 97.5 cm³/mol. The largest absolute Gasteiger partial charge is 0.454 e. The maximum absolute atomic E-state index is 14.7. The van der Waals surface area contributed by atoms with Gasteiger partial charge >= 0.3 is 0 Å². The Morgan fingerprint density at radius 2 is 1.83 bits per heavy atom. The number of nitrogens with one attached hydrogen (secondary N) is 1. The molecule has 1 aliphatic heterocycles. The Kier molecular flexibility index (Phi) is 4.27. The smallest absolute Gasteiger partial charge is 0.262 e. The molecular weight excluding hydrogens is 410 g/mol. The standard InChI is InChI=1S/C18H9ClF2N4O4/c19-13-3-7(1-2-23-13)29-12-6-9(20)11(5-10(12)21)25-14(26)4-8-15(16(25)22)18(28)24-17(8)27/h1-6H,22H2,(H,24,27,28). The van der Waals surface area contributed by atoms with Crippen LogP contribution in [0.1, 0.15) is 20.7 Å². The molecular formula is C18H9ClF2N4O4. The van der Waals surface area contributed by atoms with Crippen LogP contribution in [0.5, 0.6) is 11.5 Å². The van der Waals surface area contributed by atoms with Gasteiger partial charge in [0.05, 0.1) is 16.8 Å². The van der Waals surface area contributed by atoms with Crippen LogP contribution < -0.4 is 21.3 Å². The third-order valence-corrected chi connectivity index (χ3v) is 4.33. The molecule has 29 heavy (non-hydrogen) atoms. The van der Waals surface area contributed by atoms with E-state index < -0.39 is 46.3 Å². The van der Waals surface area contributed by atoms with Crippen LogP contribution in [0, 0.1) is 11.6 Å². The number of amides is 2. The normalized spacial score (nSPS) is 12.7. The number of halogens is 3. The Morgan fingerprint density at radius 3 is 2.55 bits per heavy atom. The summed E-state index contributed by atoms with van der Waals surface area (Å²) >= 11 is 5.72. The average molecular weight is 419 g/mol. The number of ether oxygens (including phenoxy) is 1. The van der Waals surface area contributed by atoms with E-state index in [0.29, 0.717) is 16.7 Å². The summed E-state index contributed by atoms with van der Waals surface area (Å²) in [6.45, 7) is 0. The monoisotopic (exact) mass is 418 g/mol. The molecule has 0 unspecified atom stereocenters. The molecule has 3 aromatic rings. The fourth-order valence-corrected chi connectivity index (χ4v) is 3.03. The number of carbonyl (C=O) groups is 2. The van der Waals surface area contributed by atoms with E-state index in [9.17, 15) is 23.2 Å². The third-order valence-electron chi connectivity index (χ3n) is 4.12. The molecule has 3 heterocycles. The Bertz CT molecular complexity index is 1280. The molecule has 2 amide bonds. The van der Waals surface area contributed by atoms with Crippen LogP contribution in [0.15, 0.2) is 41.3 Å². The summed E-state index contributed by atoms with van der Waals surface area (Å²) in [7, 11) is 0. The van der Waals surface area contributed by atoms with Gasteiger partial charge in [0.25, 0.3) is 17.4 Å². The van der Waals surface area contributed by atoms with E-state index in [4.69, 9.17) is 22.1 Å². The molecule has 0 spiro atoms. The highest BCUT2D eigenvalue weighted by Gasteiger charge is 2.32. The summed E-state index contributed by atoms with van der Waals surface area (Å²) in [6, 6.07) is 4.91. The van der Waals surface area contributed by atoms with Crippen molar-refractivity contribution in [2.75, 3.05) is 5.73 Å². The average Bonchev–Trinajstić information content (AvgIpc) is 2.92. The topological polar surface area (TPSA) is 116 Å². The number of nitrogen functional groups attached to an aromatic ring is 1. The van der Waals surface area contributed by atoms with Crippen LogP contribution in [-0.2, 0) is 0 Å². The number of anilines is 1. The SMILES string of the molecule is Nc1c2c(cc(=O)n1-c1cc(F)c(Oc3ccnc(Cl)c3)cc1F)C(=O)NC2=O. The van der Waals surface area contributed by atoms with Gasteiger partial charge in [0.2, 0.25) is 0 Å². The van der Waals surface area contributed by atoms with Crippen LogP contribution in [0.4, 0.5) is 14.6 Å². The number of carbonyl (C=O) groups excluding carboxylic acids is 2. The van der Waals surface area contributed by atoms with Gasteiger partial charge in [-0.15, -0.1) is 0 Å². The summed E-state index contributed by atoms with van der Waals surface area (Å²) in [4.78, 5) is 39.7. The number of imide groups is 1. The lowest BCUT2D eigenvalue weighted by atomic mass is 10.1. The molecule has 1 aromatic carbocycles. The molecule has 2 aromatic heterocycles. The summed E-state index contributed by atoms with van der Waals surface area (Å²) in [5, 5.41) is 2.07. The number of hydrogen-bond acceptors (Lipinski definition) is 6. The highest BCUT2D eigenvalue weighted by Crippen LogP contribution is 2.30. The first-order valence-corrected chi connectivity index (χ1v) is 8.34. The van der Waals surface area contributed by atoms with Crippen molar-refractivity contribution in [3.8, 4) is 17.2 Å². The zero-order chi connectivity index (χ0) is 20.9. The van der Waals surface area contributed by atoms with Crippen molar-refractivity contribution in [2.45, 2.75) is 0 Å². The second kappa shape index (κ2) is 6.67. The number of benzene rings is 1. The van der Waals surface area contributed by atoms with Crippen molar-refractivity contribution in [1.82, 2.24) is 14.9 Å². The minimum absolute atomic E-state index is 0.0882. The molecule has 0 radical (unpaired) electrons. The van der Waals surface area contributed by atoms with Gasteiger partial charge in [-0.2, -0.15) is 0 Å². The fraction of sp³-hybridized carbons (Fsp3) is 0. The molecule has 0 fully saturated rings. The highest BCUT2D eigenvalue weighted by molar-refractivity contribution is 6.29. The number of aromatic nitrogens is 2. The molecule has 8 nitrogen and oxygen atoms in total. The van der Waals surface area contributed by atoms with E-state index in [2.05, 4.69) is 4.98 Å². The summed E-state index contributed by atoms with van der Waals surface area (Å²) in [5.41, 5.74) is 3.83. The summed E-state index contributed by atoms with van der Waals surface area (Å²) in [6.07, 6.45) is 1.32. The molecule has 0 atom stereocenters. The third kappa shape index (κ3) is 3.09. The molecule has 0 saturated carbocycles. The molecule has 0 saturated heterocycles. The quantitative estimate of drug-likeness (QED) is 0.498. The van der Waals surface area contributed by atoms with Crippen molar-refractivity contribution in [2.24, 2.45) is 0 Å². The number of fused-ring (bicyclic) bond motifs is 1. The fourth-order valence-electron chi connectivity index (χ4n) is 2.87. The van der Waals surface area contributed by atoms with E-state index in [1.54, 1.807) is 0 Å². The number of rotatable bonds is 3. The Labute approximate surface area is 165 Å². The molecule has 0 aliphatic carbocycles. The van der Waals surface area contributed by atoms with Gasteiger partial charge in [-0.05, 0) is 6.07 Å². The minimum atomic E-state index is -1.06. The first kappa shape index (κ1) is 18.6. The van der Waals surface area contributed by atoms with Gasteiger partial charge in [0.1, 0.15) is 16.7 Å². The van der Waals surface area contributed by atoms with E-state index in [-0.39, 0.29) is 22.0 Å². The maximum atomic E-state index is 14.7. The Hall–Kier alpha value is -3.79. The van der Waals surface area contributed by atoms with Crippen molar-refractivity contribution >= 4 is 29.2 Å². The highest BCUT2D eigenvalue weighted by atomic mass is 35.5. The number of pyridine rings is 2. The van der Waals surface area contributed by atoms with Gasteiger partial charge in [-0.1, -0.05) is 11.6 Å². The van der Waals surface area contributed by atoms with E-state index in [1.807, 2.05) is 5.32 Å². The van der Waals surface area contributed by atoms with Crippen molar-refractivity contribution in [3.05, 3.63) is 74.8 Å². The van der Waals surface area contributed by atoms with Crippen LogP contribution in [-0.4, -0.2) is 21.4 Å². The van der Waals surface area contributed by atoms with E-state index in [0.717, 1.165) is 6.07 Å². The second-order valence-corrected chi connectivity index (χ2v) is 6.31. The van der Waals surface area contributed by atoms with Crippen LogP contribution in [0.2, 0.25) is 5.15 Å².